The van der Waals surface area contributed by atoms with Gasteiger partial charge in [0.15, 0.2) is 11.6 Å². The Bertz CT molecular complexity index is 1010. The zero-order valence-electron chi connectivity index (χ0n) is 17.2. The Morgan fingerprint density at radius 1 is 0.933 bits per heavy atom. The van der Waals surface area contributed by atoms with E-state index in [0.29, 0.717) is 0 Å². The fourth-order valence-corrected chi connectivity index (χ4v) is 3.53. The van der Waals surface area contributed by atoms with Crippen LogP contribution >= 0.6 is 24.0 Å². The van der Waals surface area contributed by atoms with Gasteiger partial charge in [-0.05, 0) is 42.5 Å². The number of aromatic nitrogens is 4. The number of benzene rings is 1. The lowest BCUT2D eigenvalue weighted by Crippen LogP contribution is -2.38. The summed E-state index contributed by atoms with van der Waals surface area (Å²) in [5, 5.41) is 16.5. The van der Waals surface area contributed by atoms with Gasteiger partial charge in [0.2, 0.25) is 0 Å². The molecule has 0 saturated heterocycles. The number of hydrogen-bond acceptors (Lipinski definition) is 3. The topological polar surface area (TPSA) is 71.5 Å². The number of aliphatic imine (C=N–C) groups is 1. The third-order valence-corrected chi connectivity index (χ3v) is 5.03. The molecule has 1 aromatic carbocycles. The van der Waals surface area contributed by atoms with Crippen molar-refractivity contribution in [1.82, 2.24) is 29.8 Å². The largest absolute Gasteiger partial charge is 0.356 e. The van der Waals surface area contributed by atoms with Gasteiger partial charge < -0.3 is 15.2 Å². The number of nitrogens with zero attached hydrogens (tertiary/aromatic N) is 5. The van der Waals surface area contributed by atoms with Crippen LogP contribution in [0.1, 0.15) is 18.7 Å². The third kappa shape index (κ3) is 5.29. The number of nitrogens with one attached hydrogen (secondary N) is 2. The number of para-hydroxylation sites is 1. The van der Waals surface area contributed by atoms with E-state index >= 15 is 0 Å². The maximum atomic E-state index is 4.31. The molecule has 0 unspecified atom stereocenters. The minimum atomic E-state index is 0. The van der Waals surface area contributed by atoms with Crippen LogP contribution in [0.5, 0.6) is 0 Å². The molecule has 2 N–H and O–H groups in total. The summed E-state index contributed by atoms with van der Waals surface area (Å²) < 4.78 is 4.34. The Kier molecular flexibility index (Phi) is 8.06. The monoisotopic (exact) mass is 517 g/mol. The second-order valence-electron chi connectivity index (χ2n) is 7.00. The molecule has 0 bridgehead atoms. The summed E-state index contributed by atoms with van der Waals surface area (Å²) in [4.78, 5) is 4.31. The van der Waals surface area contributed by atoms with Crippen molar-refractivity contribution in [2.24, 2.45) is 4.99 Å². The van der Waals surface area contributed by atoms with Crippen molar-refractivity contribution in [3.8, 4) is 0 Å². The summed E-state index contributed by atoms with van der Waals surface area (Å²) >= 11 is 0. The lowest BCUT2D eigenvalue weighted by Gasteiger charge is -2.12. The van der Waals surface area contributed by atoms with Crippen molar-refractivity contribution >= 4 is 46.5 Å². The van der Waals surface area contributed by atoms with Crippen LogP contribution in [0, 0.1) is 0 Å². The van der Waals surface area contributed by atoms with E-state index in [4.69, 9.17) is 0 Å². The van der Waals surface area contributed by atoms with Crippen LogP contribution in [-0.4, -0.2) is 45.3 Å². The maximum absolute atomic E-state index is 4.31. The van der Waals surface area contributed by atoms with Gasteiger partial charge >= 0.3 is 0 Å². The minimum Gasteiger partial charge on any atom is -0.356 e. The first-order valence-electron chi connectivity index (χ1n) is 10.1. The molecule has 0 atom stereocenters. The van der Waals surface area contributed by atoms with Gasteiger partial charge in [-0.25, -0.2) is 0 Å². The molecule has 0 fully saturated rings. The molecule has 30 heavy (non-hydrogen) atoms. The smallest absolute Gasteiger partial charge is 0.190 e. The van der Waals surface area contributed by atoms with E-state index in [0.717, 1.165) is 56.3 Å². The predicted octanol–water partition coefficient (Wildman–Crippen LogP) is 3.49. The lowest BCUT2D eigenvalue weighted by molar-refractivity contribution is 0.637. The molecule has 0 aliphatic heterocycles. The van der Waals surface area contributed by atoms with Gasteiger partial charge in [0.25, 0.3) is 0 Å². The molecular weight excluding hydrogens is 489 g/mol. The molecule has 7 nitrogen and oxygen atoms in total. The molecule has 0 aliphatic carbocycles. The number of fused-ring (bicyclic) bond motifs is 2. The molecule has 0 spiro atoms. The molecule has 3 heterocycles. The lowest BCUT2D eigenvalue weighted by atomic mass is 10.2. The average Bonchev–Trinajstić information content (AvgIpc) is 3.37. The third-order valence-electron chi connectivity index (χ3n) is 5.03. The highest BCUT2D eigenvalue weighted by molar-refractivity contribution is 14.0. The van der Waals surface area contributed by atoms with Crippen LogP contribution in [0.4, 0.5) is 0 Å². The second-order valence-corrected chi connectivity index (χ2v) is 7.00. The van der Waals surface area contributed by atoms with Crippen LogP contribution in [0.3, 0.4) is 0 Å². The molecule has 0 radical (unpaired) electrons. The highest BCUT2D eigenvalue weighted by Crippen LogP contribution is 2.15. The molecular formula is C22H28IN7. The summed E-state index contributed by atoms with van der Waals surface area (Å²) in [5.41, 5.74) is 2.18. The Labute approximate surface area is 193 Å². The van der Waals surface area contributed by atoms with E-state index in [2.05, 4.69) is 66.9 Å². The summed E-state index contributed by atoms with van der Waals surface area (Å²) in [5.74, 6) is 1.83. The van der Waals surface area contributed by atoms with E-state index in [9.17, 15) is 0 Å². The number of aryl methyl sites for hydroxylation is 2. The molecule has 4 aromatic rings. The standard InChI is InChI=1S/C22H27N7.HI/c1-23-22(24-13-6-11-21-27-26-20-10-4-5-16-29(20)21)25-14-7-15-28-17-12-18-8-2-3-9-19(18)28;/h2-5,8-10,12,16-17H,6-7,11,13-15H2,1H3,(H2,23,24,25);1H. The van der Waals surface area contributed by atoms with E-state index < -0.39 is 0 Å². The first-order valence-corrected chi connectivity index (χ1v) is 10.1. The summed E-state index contributed by atoms with van der Waals surface area (Å²) in [6.45, 7) is 2.70. The molecule has 158 valence electrons. The van der Waals surface area contributed by atoms with Gasteiger partial charge in [0, 0.05) is 51.0 Å². The van der Waals surface area contributed by atoms with Crippen LogP contribution in [0.25, 0.3) is 16.6 Å². The molecule has 4 rings (SSSR count). The molecule has 3 aromatic heterocycles. The zero-order valence-corrected chi connectivity index (χ0v) is 19.5. The normalized spacial score (nSPS) is 11.6. The van der Waals surface area contributed by atoms with Gasteiger partial charge in [0.1, 0.15) is 5.82 Å². The van der Waals surface area contributed by atoms with Crippen molar-refractivity contribution in [2.75, 3.05) is 20.1 Å². The zero-order chi connectivity index (χ0) is 19.9. The summed E-state index contributed by atoms with van der Waals surface area (Å²) in [7, 11) is 1.81. The first kappa shape index (κ1) is 22.1. The first-order chi connectivity index (χ1) is 14.3. The predicted molar refractivity (Wildman–Crippen MR) is 133 cm³/mol. The van der Waals surface area contributed by atoms with Gasteiger partial charge in [-0.15, -0.1) is 34.2 Å². The van der Waals surface area contributed by atoms with Gasteiger partial charge in [-0.1, -0.05) is 24.3 Å². The Morgan fingerprint density at radius 2 is 1.73 bits per heavy atom. The molecule has 0 amide bonds. The number of hydrogen-bond donors (Lipinski definition) is 2. The number of rotatable bonds is 8. The quantitative estimate of drug-likeness (QED) is 0.163. The van der Waals surface area contributed by atoms with Crippen LogP contribution < -0.4 is 10.6 Å². The average molecular weight is 517 g/mol. The van der Waals surface area contributed by atoms with Crippen molar-refractivity contribution in [3.63, 3.8) is 0 Å². The molecule has 8 heteroatoms. The van der Waals surface area contributed by atoms with E-state index in [1.54, 1.807) is 7.05 Å². The van der Waals surface area contributed by atoms with E-state index in [1.165, 1.54) is 10.9 Å². The Hall–Kier alpha value is -2.62. The van der Waals surface area contributed by atoms with Crippen LogP contribution in [0.2, 0.25) is 0 Å². The SMILES string of the molecule is CN=C(NCCCc1nnc2ccccn12)NCCCn1ccc2ccccc21.I. The summed E-state index contributed by atoms with van der Waals surface area (Å²) in [6, 6.07) is 16.6. The maximum Gasteiger partial charge on any atom is 0.190 e. The Morgan fingerprint density at radius 3 is 2.60 bits per heavy atom. The van der Waals surface area contributed by atoms with Gasteiger partial charge in [0.05, 0.1) is 0 Å². The van der Waals surface area contributed by atoms with Crippen molar-refractivity contribution in [3.05, 3.63) is 66.7 Å². The fraction of sp³-hybridized carbons (Fsp3) is 0.318. The van der Waals surface area contributed by atoms with Crippen molar-refractivity contribution in [1.29, 1.82) is 0 Å². The van der Waals surface area contributed by atoms with Crippen LogP contribution in [0.15, 0.2) is 65.9 Å². The summed E-state index contributed by atoms with van der Waals surface area (Å²) in [6.07, 6.45) is 7.03. The molecule has 0 saturated carbocycles. The van der Waals surface area contributed by atoms with Gasteiger partial charge in [-0.2, -0.15) is 0 Å². The van der Waals surface area contributed by atoms with E-state index in [-0.39, 0.29) is 24.0 Å². The van der Waals surface area contributed by atoms with Crippen molar-refractivity contribution < 1.29 is 0 Å². The van der Waals surface area contributed by atoms with Crippen molar-refractivity contribution in [2.45, 2.75) is 25.8 Å². The Balaban J connectivity index is 0.00000256. The highest BCUT2D eigenvalue weighted by atomic mass is 127. The molecule has 0 aliphatic rings. The number of halogens is 1. The number of pyridine rings is 1. The van der Waals surface area contributed by atoms with Gasteiger partial charge in [-0.3, -0.25) is 9.39 Å². The highest BCUT2D eigenvalue weighted by Gasteiger charge is 2.05. The number of guanidine groups is 1. The fourth-order valence-electron chi connectivity index (χ4n) is 3.53. The minimum absolute atomic E-state index is 0. The second kappa shape index (κ2) is 11.0. The van der Waals surface area contributed by atoms with E-state index in [1.807, 2.05) is 28.8 Å². The van der Waals surface area contributed by atoms with Crippen LogP contribution in [-0.2, 0) is 13.0 Å².